The molecule has 0 aliphatic heterocycles. The van der Waals surface area contributed by atoms with Gasteiger partial charge in [-0.3, -0.25) is 0 Å². The van der Waals surface area contributed by atoms with E-state index in [9.17, 15) is 9.18 Å². The predicted octanol–water partition coefficient (Wildman–Crippen LogP) is 5.84. The fourth-order valence-corrected chi connectivity index (χ4v) is 3.25. The zero-order chi connectivity index (χ0) is 19.0. The molecule has 26 heavy (non-hydrogen) atoms. The molecule has 1 atom stereocenters. The molecule has 1 N–H and O–H groups in total. The van der Waals surface area contributed by atoms with Crippen molar-refractivity contribution in [1.82, 2.24) is 5.16 Å². The predicted molar refractivity (Wildman–Crippen MR) is 96.8 cm³/mol. The standard InChI is InChI=1S/C17H11Cl3FNO4/c1-2-9(17(23)24)25-16-12(19)11(18)10-14(22-26-15(10)13(16)20)7-5-3-4-6-8(7)21/h3-6,9H,2H2,1H3,(H,23,24). The Morgan fingerprint density at radius 3 is 2.58 bits per heavy atom. The summed E-state index contributed by atoms with van der Waals surface area (Å²) in [5.41, 5.74) is 0.309. The van der Waals surface area contributed by atoms with Gasteiger partial charge in [0, 0.05) is 5.56 Å². The van der Waals surface area contributed by atoms with Gasteiger partial charge >= 0.3 is 5.97 Å². The van der Waals surface area contributed by atoms with Gasteiger partial charge in [-0.1, -0.05) is 59.0 Å². The van der Waals surface area contributed by atoms with E-state index in [1.165, 1.54) is 18.2 Å². The van der Waals surface area contributed by atoms with Crippen LogP contribution in [0.3, 0.4) is 0 Å². The second-order valence-corrected chi connectivity index (χ2v) is 6.47. The van der Waals surface area contributed by atoms with Crippen LogP contribution in [0.25, 0.3) is 22.2 Å². The molecule has 0 fully saturated rings. The molecular formula is C17H11Cl3FNO4. The highest BCUT2D eigenvalue weighted by molar-refractivity contribution is 6.49. The van der Waals surface area contributed by atoms with E-state index >= 15 is 0 Å². The first-order valence-electron chi connectivity index (χ1n) is 7.47. The molecule has 0 saturated heterocycles. The van der Waals surface area contributed by atoms with Crippen LogP contribution in [-0.4, -0.2) is 22.3 Å². The van der Waals surface area contributed by atoms with Gasteiger partial charge in [0.1, 0.15) is 21.6 Å². The lowest BCUT2D eigenvalue weighted by atomic mass is 10.1. The third-order valence-electron chi connectivity index (χ3n) is 3.74. The van der Waals surface area contributed by atoms with Crippen molar-refractivity contribution in [1.29, 1.82) is 0 Å². The second-order valence-electron chi connectivity index (χ2n) is 5.34. The lowest BCUT2D eigenvalue weighted by molar-refractivity contribution is -0.145. The molecule has 0 saturated carbocycles. The summed E-state index contributed by atoms with van der Waals surface area (Å²) in [5.74, 6) is -1.83. The molecule has 0 radical (unpaired) electrons. The highest BCUT2D eigenvalue weighted by Gasteiger charge is 2.28. The van der Waals surface area contributed by atoms with Crippen molar-refractivity contribution in [3.8, 4) is 17.0 Å². The first kappa shape index (κ1) is 18.8. The van der Waals surface area contributed by atoms with Gasteiger partial charge in [-0.25, -0.2) is 9.18 Å². The zero-order valence-electron chi connectivity index (χ0n) is 13.2. The number of aromatic nitrogens is 1. The Labute approximate surface area is 162 Å². The van der Waals surface area contributed by atoms with Gasteiger partial charge in [-0.05, 0) is 18.6 Å². The van der Waals surface area contributed by atoms with Crippen LogP contribution in [0, 0.1) is 5.82 Å². The number of hydrogen-bond acceptors (Lipinski definition) is 4. The summed E-state index contributed by atoms with van der Waals surface area (Å²) >= 11 is 18.8. The minimum atomic E-state index is -1.18. The SMILES string of the molecule is CCC(Oc1c(Cl)c(Cl)c2c(-c3ccccc3F)noc2c1Cl)C(=O)O. The molecule has 1 unspecified atom stereocenters. The molecular weight excluding hydrogens is 408 g/mol. The topological polar surface area (TPSA) is 72.6 Å². The van der Waals surface area contributed by atoms with Gasteiger partial charge in [-0.15, -0.1) is 0 Å². The quantitative estimate of drug-likeness (QED) is 0.527. The summed E-state index contributed by atoms with van der Waals surface area (Å²) in [6, 6.07) is 5.94. The van der Waals surface area contributed by atoms with Crippen molar-refractivity contribution in [3.05, 3.63) is 45.2 Å². The highest BCUT2D eigenvalue weighted by Crippen LogP contribution is 2.48. The van der Waals surface area contributed by atoms with Crippen molar-refractivity contribution in [3.63, 3.8) is 0 Å². The number of benzene rings is 2. The molecule has 136 valence electrons. The molecule has 9 heteroatoms. The first-order valence-corrected chi connectivity index (χ1v) is 8.60. The summed E-state index contributed by atoms with van der Waals surface area (Å²) in [6.07, 6.45) is -0.999. The number of hydrogen-bond donors (Lipinski definition) is 1. The Morgan fingerprint density at radius 1 is 1.27 bits per heavy atom. The van der Waals surface area contributed by atoms with Crippen molar-refractivity contribution in [2.45, 2.75) is 19.4 Å². The van der Waals surface area contributed by atoms with E-state index in [1.807, 2.05) is 0 Å². The third kappa shape index (κ3) is 3.09. The third-order valence-corrected chi connectivity index (χ3v) is 4.92. The molecule has 0 spiro atoms. The fourth-order valence-electron chi connectivity index (χ4n) is 2.44. The number of carboxylic acids is 1. The van der Waals surface area contributed by atoms with Crippen molar-refractivity contribution < 1.29 is 23.6 Å². The molecule has 0 aliphatic carbocycles. The number of carboxylic acid groups (broad SMARTS) is 1. The molecule has 1 heterocycles. The summed E-state index contributed by atoms with van der Waals surface area (Å²) in [6.45, 7) is 1.63. The van der Waals surface area contributed by atoms with Crippen LogP contribution in [-0.2, 0) is 4.79 Å². The fraction of sp³-hybridized carbons (Fsp3) is 0.176. The first-order chi connectivity index (χ1) is 12.4. The zero-order valence-corrected chi connectivity index (χ0v) is 15.5. The molecule has 2 aromatic carbocycles. The van der Waals surface area contributed by atoms with E-state index in [0.29, 0.717) is 0 Å². The molecule has 3 aromatic rings. The van der Waals surface area contributed by atoms with Crippen LogP contribution < -0.4 is 4.74 Å². The Hall–Kier alpha value is -2.02. The summed E-state index contributed by atoms with van der Waals surface area (Å²) in [4.78, 5) is 11.2. The van der Waals surface area contributed by atoms with E-state index in [-0.39, 0.29) is 49.5 Å². The maximum Gasteiger partial charge on any atom is 0.344 e. The van der Waals surface area contributed by atoms with Crippen LogP contribution in [0.1, 0.15) is 13.3 Å². The molecule has 1 aromatic heterocycles. The van der Waals surface area contributed by atoms with Crippen LogP contribution in [0.4, 0.5) is 4.39 Å². The van der Waals surface area contributed by atoms with Gasteiger partial charge in [0.2, 0.25) is 0 Å². The van der Waals surface area contributed by atoms with Gasteiger partial charge in [-0.2, -0.15) is 0 Å². The lowest BCUT2D eigenvalue weighted by Gasteiger charge is -2.16. The molecule has 0 bridgehead atoms. The van der Waals surface area contributed by atoms with Crippen LogP contribution in [0.15, 0.2) is 28.8 Å². The minimum absolute atomic E-state index is 0.0227. The van der Waals surface area contributed by atoms with E-state index in [2.05, 4.69) is 5.16 Å². The Kier molecular flexibility index (Phi) is 5.27. The molecule has 5 nitrogen and oxygen atoms in total. The molecule has 0 amide bonds. The molecule has 0 aliphatic rings. The second kappa shape index (κ2) is 7.31. The number of carbonyl (C=O) groups is 1. The van der Waals surface area contributed by atoms with E-state index in [1.54, 1.807) is 13.0 Å². The summed E-state index contributed by atoms with van der Waals surface area (Å²) in [5, 5.41) is 13.0. The smallest absolute Gasteiger partial charge is 0.344 e. The maximum absolute atomic E-state index is 14.1. The normalized spacial score (nSPS) is 12.3. The Bertz CT molecular complexity index is 1010. The number of rotatable bonds is 5. The number of aliphatic carboxylic acids is 1. The largest absolute Gasteiger partial charge is 0.479 e. The molecule has 3 rings (SSSR count). The van der Waals surface area contributed by atoms with Crippen molar-refractivity contribution in [2.24, 2.45) is 0 Å². The average Bonchev–Trinajstić information content (AvgIpc) is 3.05. The van der Waals surface area contributed by atoms with E-state index in [0.717, 1.165) is 0 Å². The van der Waals surface area contributed by atoms with Crippen molar-refractivity contribution in [2.75, 3.05) is 0 Å². The van der Waals surface area contributed by atoms with Crippen LogP contribution in [0.5, 0.6) is 5.75 Å². The highest BCUT2D eigenvalue weighted by atomic mass is 35.5. The number of ether oxygens (including phenoxy) is 1. The monoisotopic (exact) mass is 417 g/mol. The van der Waals surface area contributed by atoms with E-state index < -0.39 is 17.9 Å². The Balaban J connectivity index is 2.22. The lowest BCUT2D eigenvalue weighted by Crippen LogP contribution is -2.26. The summed E-state index contributed by atoms with van der Waals surface area (Å²) < 4.78 is 24.7. The van der Waals surface area contributed by atoms with Crippen LogP contribution >= 0.6 is 34.8 Å². The number of halogens is 4. The average molecular weight is 419 g/mol. The summed E-state index contributed by atoms with van der Waals surface area (Å²) in [7, 11) is 0. The van der Waals surface area contributed by atoms with E-state index in [4.69, 9.17) is 49.2 Å². The van der Waals surface area contributed by atoms with Gasteiger partial charge in [0.05, 0.1) is 10.4 Å². The van der Waals surface area contributed by atoms with Gasteiger partial charge in [0.25, 0.3) is 0 Å². The number of fused-ring (bicyclic) bond motifs is 1. The van der Waals surface area contributed by atoms with Crippen molar-refractivity contribution >= 4 is 51.7 Å². The Morgan fingerprint density at radius 2 is 1.96 bits per heavy atom. The minimum Gasteiger partial charge on any atom is -0.479 e. The van der Waals surface area contributed by atoms with Crippen LogP contribution in [0.2, 0.25) is 15.1 Å². The maximum atomic E-state index is 14.1. The van der Waals surface area contributed by atoms with Gasteiger partial charge < -0.3 is 14.4 Å². The number of nitrogens with zero attached hydrogens (tertiary/aromatic N) is 1. The van der Waals surface area contributed by atoms with Gasteiger partial charge in [0.15, 0.2) is 17.4 Å².